The summed E-state index contributed by atoms with van der Waals surface area (Å²) in [5.41, 5.74) is -1.12. The molecule has 0 aliphatic heterocycles. The molecule has 7 nitrogen and oxygen atoms in total. The summed E-state index contributed by atoms with van der Waals surface area (Å²) in [6.07, 6.45) is -2.52. The molecule has 36 heavy (non-hydrogen) atoms. The lowest BCUT2D eigenvalue weighted by Gasteiger charge is -2.43. The van der Waals surface area contributed by atoms with Gasteiger partial charge in [0.15, 0.2) is 0 Å². The quantitative estimate of drug-likeness (QED) is 0.529. The summed E-state index contributed by atoms with van der Waals surface area (Å²) in [5.74, 6) is -1.71. The minimum absolute atomic E-state index is 0.00774. The van der Waals surface area contributed by atoms with E-state index in [-0.39, 0.29) is 23.6 Å². The van der Waals surface area contributed by atoms with Gasteiger partial charge in [0.2, 0.25) is 11.8 Å². The second-order valence-corrected chi connectivity index (χ2v) is 9.98. The number of halogens is 3. The first-order valence-corrected chi connectivity index (χ1v) is 12.5. The van der Waals surface area contributed by atoms with Crippen molar-refractivity contribution in [2.45, 2.75) is 84.2 Å². The van der Waals surface area contributed by atoms with Crippen LogP contribution in [0.2, 0.25) is 0 Å². The van der Waals surface area contributed by atoms with E-state index < -0.39 is 42.1 Å². The number of nitrogens with one attached hydrogen (secondary N) is 2. The van der Waals surface area contributed by atoms with Crippen molar-refractivity contribution in [1.29, 1.82) is 0 Å². The SMILES string of the molecule is CCN(C(C)C)[C@@H]1CC[C@H](NC(=O)CNC(=O)c2cccc(C(F)(F)F)c2)[C@@H](C(=O)N(C)C(C)C)C1. The maximum atomic E-state index is 13.3. The molecule has 0 saturated heterocycles. The van der Waals surface area contributed by atoms with Gasteiger partial charge in [0.25, 0.3) is 5.91 Å². The van der Waals surface area contributed by atoms with Crippen LogP contribution < -0.4 is 10.6 Å². The zero-order valence-electron chi connectivity index (χ0n) is 22.0. The Labute approximate surface area is 211 Å². The summed E-state index contributed by atoms with van der Waals surface area (Å²) in [6, 6.07) is 4.20. The van der Waals surface area contributed by atoms with Crippen molar-refractivity contribution in [2.75, 3.05) is 20.1 Å². The number of carbonyl (C=O) groups excluding carboxylic acids is 3. The third kappa shape index (κ3) is 7.69. The third-order valence-electron chi connectivity index (χ3n) is 6.97. The fraction of sp³-hybridized carbons (Fsp3) is 0.654. The van der Waals surface area contributed by atoms with Crippen LogP contribution in [0.5, 0.6) is 0 Å². The summed E-state index contributed by atoms with van der Waals surface area (Å²) in [4.78, 5) is 42.4. The molecular formula is C26H39F3N4O3. The number of alkyl halides is 3. The number of amides is 3. The van der Waals surface area contributed by atoms with Crippen molar-refractivity contribution >= 4 is 17.7 Å². The van der Waals surface area contributed by atoms with Crippen LogP contribution in [0.15, 0.2) is 24.3 Å². The van der Waals surface area contributed by atoms with E-state index in [9.17, 15) is 27.6 Å². The van der Waals surface area contributed by atoms with Crippen LogP contribution in [0, 0.1) is 5.92 Å². The van der Waals surface area contributed by atoms with Crippen LogP contribution in [0.1, 0.15) is 69.8 Å². The molecule has 0 aromatic heterocycles. The second-order valence-electron chi connectivity index (χ2n) is 9.98. The van der Waals surface area contributed by atoms with Crippen LogP contribution in [0.25, 0.3) is 0 Å². The molecule has 3 amide bonds. The first-order valence-electron chi connectivity index (χ1n) is 12.5. The van der Waals surface area contributed by atoms with E-state index in [1.54, 1.807) is 11.9 Å². The van der Waals surface area contributed by atoms with Crippen molar-refractivity contribution in [3.63, 3.8) is 0 Å². The van der Waals surface area contributed by atoms with Crippen molar-refractivity contribution < 1.29 is 27.6 Å². The molecule has 0 unspecified atom stereocenters. The first kappa shape index (κ1) is 29.6. The van der Waals surface area contributed by atoms with Gasteiger partial charge in [-0.1, -0.05) is 13.0 Å². The Bertz CT molecular complexity index is 920. The van der Waals surface area contributed by atoms with Crippen LogP contribution in [0.4, 0.5) is 13.2 Å². The Morgan fingerprint density at radius 2 is 1.75 bits per heavy atom. The van der Waals surface area contributed by atoms with E-state index in [1.165, 1.54) is 6.07 Å². The van der Waals surface area contributed by atoms with Gasteiger partial charge < -0.3 is 15.5 Å². The lowest BCUT2D eigenvalue weighted by molar-refractivity contribution is -0.139. The highest BCUT2D eigenvalue weighted by Crippen LogP contribution is 2.31. The van der Waals surface area contributed by atoms with Gasteiger partial charge in [-0.3, -0.25) is 19.3 Å². The monoisotopic (exact) mass is 512 g/mol. The van der Waals surface area contributed by atoms with Crippen LogP contribution in [-0.4, -0.2) is 71.8 Å². The Hall–Kier alpha value is -2.62. The minimum Gasteiger partial charge on any atom is -0.351 e. The maximum Gasteiger partial charge on any atom is 0.416 e. The molecule has 1 fully saturated rings. The summed E-state index contributed by atoms with van der Waals surface area (Å²) in [7, 11) is 1.75. The fourth-order valence-corrected chi connectivity index (χ4v) is 4.81. The zero-order valence-corrected chi connectivity index (χ0v) is 22.0. The molecule has 1 aliphatic rings. The molecule has 1 aromatic rings. The summed E-state index contributed by atoms with van der Waals surface area (Å²) >= 11 is 0. The van der Waals surface area contributed by atoms with Crippen LogP contribution in [-0.2, 0) is 15.8 Å². The van der Waals surface area contributed by atoms with Crippen molar-refractivity contribution in [2.24, 2.45) is 5.92 Å². The minimum atomic E-state index is -4.57. The summed E-state index contributed by atoms with van der Waals surface area (Å²) in [6.45, 7) is 10.7. The van der Waals surface area contributed by atoms with Crippen molar-refractivity contribution in [1.82, 2.24) is 20.4 Å². The Kier molecular flexibility index (Phi) is 10.3. The van der Waals surface area contributed by atoms with E-state index in [2.05, 4.69) is 36.3 Å². The van der Waals surface area contributed by atoms with Gasteiger partial charge in [0.05, 0.1) is 18.0 Å². The molecule has 2 rings (SSSR count). The number of hydrogen-bond acceptors (Lipinski definition) is 4. The number of carbonyl (C=O) groups is 3. The molecule has 2 N–H and O–H groups in total. The number of nitrogens with zero attached hydrogens (tertiary/aromatic N) is 2. The molecule has 1 aliphatic carbocycles. The van der Waals surface area contributed by atoms with Crippen molar-refractivity contribution in [3.05, 3.63) is 35.4 Å². The average Bonchev–Trinajstić information content (AvgIpc) is 2.82. The van der Waals surface area contributed by atoms with E-state index in [0.717, 1.165) is 31.2 Å². The van der Waals surface area contributed by atoms with Gasteiger partial charge in [0.1, 0.15) is 0 Å². The van der Waals surface area contributed by atoms with E-state index in [1.807, 2.05) is 13.8 Å². The zero-order chi connectivity index (χ0) is 27.2. The highest BCUT2D eigenvalue weighted by molar-refractivity contribution is 5.96. The number of benzene rings is 1. The molecule has 202 valence electrons. The average molecular weight is 513 g/mol. The Morgan fingerprint density at radius 3 is 2.31 bits per heavy atom. The van der Waals surface area contributed by atoms with Gasteiger partial charge in [-0.05, 0) is 71.7 Å². The molecule has 3 atom stereocenters. The third-order valence-corrected chi connectivity index (χ3v) is 6.97. The standard InChI is InChI=1S/C26H39F3N4O3/c1-7-33(17(4)5)20-11-12-22(21(14-20)25(36)32(6)16(2)3)31-23(34)15-30-24(35)18-9-8-10-19(13-18)26(27,28)29/h8-10,13,16-17,20-22H,7,11-12,14-15H2,1-6H3,(H,30,35)(H,31,34)/t20-,21+,22+/m1/s1. The summed E-state index contributed by atoms with van der Waals surface area (Å²) in [5, 5.41) is 5.27. The highest BCUT2D eigenvalue weighted by atomic mass is 19.4. The van der Waals surface area contributed by atoms with Crippen LogP contribution >= 0.6 is 0 Å². The van der Waals surface area contributed by atoms with Crippen LogP contribution in [0.3, 0.4) is 0 Å². The van der Waals surface area contributed by atoms with E-state index in [0.29, 0.717) is 18.9 Å². The molecule has 1 aromatic carbocycles. The number of rotatable bonds is 9. The number of hydrogen-bond donors (Lipinski definition) is 2. The molecular weight excluding hydrogens is 473 g/mol. The van der Waals surface area contributed by atoms with Gasteiger partial charge >= 0.3 is 6.18 Å². The Balaban J connectivity index is 2.07. The highest BCUT2D eigenvalue weighted by Gasteiger charge is 2.40. The van der Waals surface area contributed by atoms with E-state index >= 15 is 0 Å². The van der Waals surface area contributed by atoms with Gasteiger partial charge in [0, 0.05) is 36.8 Å². The van der Waals surface area contributed by atoms with Gasteiger partial charge in [-0.15, -0.1) is 0 Å². The molecule has 0 heterocycles. The lowest BCUT2D eigenvalue weighted by atomic mass is 9.79. The molecule has 0 spiro atoms. The predicted molar refractivity (Wildman–Crippen MR) is 132 cm³/mol. The lowest BCUT2D eigenvalue weighted by Crippen LogP contribution is -2.56. The maximum absolute atomic E-state index is 13.3. The largest absolute Gasteiger partial charge is 0.416 e. The smallest absolute Gasteiger partial charge is 0.351 e. The normalized spacial score (nSPS) is 20.5. The molecule has 1 saturated carbocycles. The second kappa shape index (κ2) is 12.6. The molecule has 10 heteroatoms. The van der Waals surface area contributed by atoms with Crippen molar-refractivity contribution in [3.8, 4) is 0 Å². The first-order chi connectivity index (χ1) is 16.8. The fourth-order valence-electron chi connectivity index (χ4n) is 4.81. The van der Waals surface area contributed by atoms with E-state index in [4.69, 9.17) is 0 Å². The predicted octanol–water partition coefficient (Wildman–Crippen LogP) is 3.69. The Morgan fingerprint density at radius 1 is 1.08 bits per heavy atom. The molecule has 0 bridgehead atoms. The summed E-state index contributed by atoms with van der Waals surface area (Å²) < 4.78 is 38.8. The molecule has 0 radical (unpaired) electrons. The topological polar surface area (TPSA) is 81.8 Å². The van der Waals surface area contributed by atoms with Gasteiger partial charge in [-0.2, -0.15) is 13.2 Å². The van der Waals surface area contributed by atoms with Gasteiger partial charge in [-0.25, -0.2) is 0 Å².